The van der Waals surface area contributed by atoms with Crippen molar-refractivity contribution in [3.8, 4) is 0 Å². The van der Waals surface area contributed by atoms with Crippen LogP contribution in [0.5, 0.6) is 0 Å². The quantitative estimate of drug-likeness (QED) is 0.695. The predicted molar refractivity (Wildman–Crippen MR) is 58.1 cm³/mol. The van der Waals surface area contributed by atoms with Crippen LogP contribution in [0.15, 0.2) is 0 Å². The standard InChI is InChI=1S/C11H20FNO3/c1-11(2,3)16-10(14)13-6-5-9(15-4)8(12)7-13/h8-9H,5-7H2,1-4H3/t8-,9-/m0/s1. The summed E-state index contributed by atoms with van der Waals surface area (Å²) < 4.78 is 23.7. The zero-order valence-corrected chi connectivity index (χ0v) is 10.3. The van der Waals surface area contributed by atoms with Gasteiger partial charge in [0.15, 0.2) is 0 Å². The summed E-state index contributed by atoms with van der Waals surface area (Å²) in [7, 11) is 1.49. The molecule has 4 nitrogen and oxygen atoms in total. The van der Waals surface area contributed by atoms with Crippen molar-refractivity contribution in [2.24, 2.45) is 0 Å². The Balaban J connectivity index is 2.48. The molecule has 5 heteroatoms. The predicted octanol–water partition coefficient (Wildman–Crippen LogP) is 1.98. The maximum Gasteiger partial charge on any atom is 0.410 e. The van der Waals surface area contributed by atoms with Crippen LogP contribution in [-0.2, 0) is 9.47 Å². The van der Waals surface area contributed by atoms with E-state index in [9.17, 15) is 9.18 Å². The lowest BCUT2D eigenvalue weighted by molar-refractivity contribution is -0.0340. The average Bonchev–Trinajstić information content (AvgIpc) is 2.15. The minimum absolute atomic E-state index is 0.0490. The van der Waals surface area contributed by atoms with Crippen LogP contribution in [-0.4, -0.2) is 49.1 Å². The van der Waals surface area contributed by atoms with Crippen molar-refractivity contribution in [2.75, 3.05) is 20.2 Å². The smallest absolute Gasteiger partial charge is 0.410 e. The normalized spacial score (nSPS) is 26.7. The van der Waals surface area contributed by atoms with E-state index in [2.05, 4.69) is 0 Å². The number of alkyl halides is 1. The lowest BCUT2D eigenvalue weighted by atomic mass is 10.1. The third kappa shape index (κ3) is 3.63. The number of carbonyl (C=O) groups is 1. The highest BCUT2D eigenvalue weighted by Gasteiger charge is 2.33. The lowest BCUT2D eigenvalue weighted by Gasteiger charge is -2.34. The summed E-state index contributed by atoms with van der Waals surface area (Å²) in [6, 6.07) is 0. The molecule has 1 saturated heterocycles. The minimum Gasteiger partial charge on any atom is -0.444 e. The molecular formula is C11H20FNO3. The molecular weight excluding hydrogens is 213 g/mol. The van der Waals surface area contributed by atoms with Gasteiger partial charge in [-0.1, -0.05) is 0 Å². The Morgan fingerprint density at radius 2 is 2.06 bits per heavy atom. The highest BCUT2D eigenvalue weighted by molar-refractivity contribution is 5.68. The number of hydrogen-bond donors (Lipinski definition) is 0. The van der Waals surface area contributed by atoms with Crippen LogP contribution >= 0.6 is 0 Å². The van der Waals surface area contributed by atoms with E-state index in [4.69, 9.17) is 9.47 Å². The van der Waals surface area contributed by atoms with Gasteiger partial charge in [0.1, 0.15) is 11.8 Å². The molecule has 1 aliphatic heterocycles. The maximum absolute atomic E-state index is 13.5. The zero-order chi connectivity index (χ0) is 12.3. The van der Waals surface area contributed by atoms with E-state index in [0.717, 1.165) is 0 Å². The molecule has 0 unspecified atom stereocenters. The van der Waals surface area contributed by atoms with Crippen molar-refractivity contribution < 1.29 is 18.7 Å². The Morgan fingerprint density at radius 1 is 1.44 bits per heavy atom. The fourth-order valence-corrected chi connectivity index (χ4v) is 1.64. The molecule has 1 aliphatic rings. The molecule has 0 radical (unpaired) electrons. The zero-order valence-electron chi connectivity index (χ0n) is 10.3. The topological polar surface area (TPSA) is 38.8 Å². The Bertz CT molecular complexity index is 252. The first-order chi connectivity index (χ1) is 7.33. The molecule has 0 aromatic rings. The number of ether oxygens (including phenoxy) is 2. The van der Waals surface area contributed by atoms with E-state index >= 15 is 0 Å². The van der Waals surface area contributed by atoms with Crippen molar-refractivity contribution in [2.45, 2.75) is 45.1 Å². The summed E-state index contributed by atoms with van der Waals surface area (Å²) in [4.78, 5) is 13.0. The van der Waals surface area contributed by atoms with Gasteiger partial charge in [-0.2, -0.15) is 0 Å². The van der Waals surface area contributed by atoms with Crippen LogP contribution in [0.4, 0.5) is 9.18 Å². The third-order valence-electron chi connectivity index (χ3n) is 2.44. The highest BCUT2D eigenvalue weighted by atomic mass is 19.1. The molecule has 0 aromatic carbocycles. The number of hydrogen-bond acceptors (Lipinski definition) is 3. The van der Waals surface area contributed by atoms with Gasteiger partial charge in [-0.25, -0.2) is 9.18 Å². The Labute approximate surface area is 95.7 Å². The van der Waals surface area contributed by atoms with Gasteiger partial charge < -0.3 is 14.4 Å². The van der Waals surface area contributed by atoms with Crippen LogP contribution in [0.2, 0.25) is 0 Å². The molecule has 2 atom stereocenters. The Hall–Kier alpha value is -0.840. The van der Waals surface area contributed by atoms with Crippen molar-refractivity contribution in [3.63, 3.8) is 0 Å². The number of nitrogens with zero attached hydrogens (tertiary/aromatic N) is 1. The molecule has 0 aromatic heterocycles. The van der Waals surface area contributed by atoms with Crippen molar-refractivity contribution in [3.05, 3.63) is 0 Å². The minimum atomic E-state index is -1.13. The summed E-state index contributed by atoms with van der Waals surface area (Å²) in [5, 5.41) is 0. The van der Waals surface area contributed by atoms with Gasteiger partial charge in [-0.05, 0) is 27.2 Å². The third-order valence-corrected chi connectivity index (χ3v) is 2.44. The second-order valence-corrected chi connectivity index (χ2v) is 5.01. The van der Waals surface area contributed by atoms with Crippen LogP contribution < -0.4 is 0 Å². The van der Waals surface area contributed by atoms with Gasteiger partial charge in [-0.15, -0.1) is 0 Å². The number of methoxy groups -OCH3 is 1. The Kier molecular flexibility index (Phi) is 4.13. The molecule has 1 amide bonds. The first-order valence-electron chi connectivity index (χ1n) is 5.48. The van der Waals surface area contributed by atoms with E-state index in [1.165, 1.54) is 12.0 Å². The first kappa shape index (κ1) is 13.2. The molecule has 0 saturated carbocycles. The van der Waals surface area contributed by atoms with Gasteiger partial charge in [0.25, 0.3) is 0 Å². The average molecular weight is 233 g/mol. The summed E-state index contributed by atoms with van der Waals surface area (Å²) in [5.74, 6) is 0. The molecule has 0 bridgehead atoms. The van der Waals surface area contributed by atoms with Crippen LogP contribution in [0.3, 0.4) is 0 Å². The summed E-state index contributed by atoms with van der Waals surface area (Å²) in [6.07, 6.45) is -1.48. The summed E-state index contributed by atoms with van der Waals surface area (Å²) in [5.41, 5.74) is -0.541. The van der Waals surface area contributed by atoms with Gasteiger partial charge in [0.2, 0.25) is 0 Å². The molecule has 0 aliphatic carbocycles. The van der Waals surface area contributed by atoms with E-state index < -0.39 is 24.0 Å². The number of likely N-dealkylation sites (tertiary alicyclic amines) is 1. The van der Waals surface area contributed by atoms with Crippen molar-refractivity contribution >= 4 is 6.09 Å². The number of amides is 1. The summed E-state index contributed by atoms with van der Waals surface area (Å²) >= 11 is 0. The number of halogens is 1. The van der Waals surface area contributed by atoms with Gasteiger partial charge >= 0.3 is 6.09 Å². The van der Waals surface area contributed by atoms with E-state index in [1.807, 2.05) is 0 Å². The summed E-state index contributed by atoms with van der Waals surface area (Å²) in [6.45, 7) is 5.90. The van der Waals surface area contributed by atoms with Gasteiger partial charge in [-0.3, -0.25) is 0 Å². The van der Waals surface area contributed by atoms with E-state index in [-0.39, 0.29) is 6.54 Å². The SMILES string of the molecule is CO[C@H]1CCN(C(=O)OC(C)(C)C)C[C@@H]1F. The molecule has 94 valence electrons. The molecule has 1 rings (SSSR count). The van der Waals surface area contributed by atoms with Crippen molar-refractivity contribution in [1.82, 2.24) is 4.90 Å². The van der Waals surface area contributed by atoms with Crippen LogP contribution in [0, 0.1) is 0 Å². The largest absolute Gasteiger partial charge is 0.444 e. The van der Waals surface area contributed by atoms with Gasteiger partial charge in [0, 0.05) is 13.7 Å². The second kappa shape index (κ2) is 4.99. The van der Waals surface area contributed by atoms with Crippen molar-refractivity contribution in [1.29, 1.82) is 0 Å². The Morgan fingerprint density at radius 3 is 2.50 bits per heavy atom. The van der Waals surface area contributed by atoms with Crippen LogP contribution in [0.1, 0.15) is 27.2 Å². The first-order valence-corrected chi connectivity index (χ1v) is 5.48. The molecule has 0 spiro atoms. The number of rotatable bonds is 1. The number of carbonyl (C=O) groups excluding carboxylic acids is 1. The second-order valence-electron chi connectivity index (χ2n) is 5.01. The molecule has 1 heterocycles. The highest BCUT2D eigenvalue weighted by Crippen LogP contribution is 2.19. The number of piperidine rings is 1. The van der Waals surface area contributed by atoms with E-state index in [1.54, 1.807) is 20.8 Å². The van der Waals surface area contributed by atoms with E-state index in [0.29, 0.717) is 13.0 Å². The van der Waals surface area contributed by atoms with Crippen LogP contribution in [0.25, 0.3) is 0 Å². The molecule has 0 N–H and O–H groups in total. The fourth-order valence-electron chi connectivity index (χ4n) is 1.64. The maximum atomic E-state index is 13.5. The monoisotopic (exact) mass is 233 g/mol. The molecule has 16 heavy (non-hydrogen) atoms. The fraction of sp³-hybridized carbons (Fsp3) is 0.909. The lowest BCUT2D eigenvalue weighted by Crippen LogP contribution is -2.49. The van der Waals surface area contributed by atoms with Gasteiger partial charge in [0.05, 0.1) is 12.6 Å². The molecule has 1 fully saturated rings.